The number of hydrogen-bond donors (Lipinski definition) is 2. The fourth-order valence-electron chi connectivity index (χ4n) is 1.72. The van der Waals surface area contributed by atoms with Crippen LogP contribution in [0, 0.1) is 5.82 Å². The highest BCUT2D eigenvalue weighted by Crippen LogP contribution is 2.29. The van der Waals surface area contributed by atoms with Crippen molar-refractivity contribution in [3.05, 3.63) is 34.5 Å². The zero-order chi connectivity index (χ0) is 16.9. The second-order valence-corrected chi connectivity index (χ2v) is 7.39. The molecule has 0 saturated heterocycles. The molecule has 0 aliphatic rings. The average Bonchev–Trinajstić information content (AvgIpc) is 2.98. The maximum Gasteiger partial charge on any atom is 0.266 e. The number of nitrogens with one attached hydrogen (secondary N) is 2. The van der Waals surface area contributed by atoms with Crippen LogP contribution in [-0.2, 0) is 14.8 Å². The van der Waals surface area contributed by atoms with Crippen molar-refractivity contribution in [2.24, 2.45) is 0 Å². The molecule has 1 heterocycles. The van der Waals surface area contributed by atoms with E-state index in [0.717, 1.165) is 29.8 Å². The normalized spacial score (nSPS) is 11.2. The van der Waals surface area contributed by atoms with E-state index in [1.807, 2.05) is 0 Å². The van der Waals surface area contributed by atoms with Crippen LogP contribution in [0.4, 0.5) is 15.2 Å². The first-order chi connectivity index (χ1) is 10.9. The third-order valence-electron chi connectivity index (χ3n) is 2.78. The van der Waals surface area contributed by atoms with Gasteiger partial charge in [-0.1, -0.05) is 11.6 Å². The van der Waals surface area contributed by atoms with Gasteiger partial charge in [-0.2, -0.15) is 0 Å². The molecule has 10 heteroatoms. The number of aromatic nitrogens is 1. The molecule has 0 unspecified atom stereocenters. The standard InChI is InChI=1S/C13H13ClFN3O3S2/c14-9-7-12(23(20,21)18-13-17-4-6-22-13)10(15)8-11(9)16-3-1-2-5-19/h4-8,16H,1-3H2,(H,17,18). The fourth-order valence-corrected chi connectivity index (χ4v) is 3.89. The van der Waals surface area contributed by atoms with Gasteiger partial charge in [0.25, 0.3) is 10.0 Å². The molecule has 124 valence electrons. The van der Waals surface area contributed by atoms with E-state index in [0.29, 0.717) is 19.4 Å². The van der Waals surface area contributed by atoms with Crippen LogP contribution in [0.1, 0.15) is 12.8 Å². The summed E-state index contributed by atoms with van der Waals surface area (Å²) in [5.74, 6) is -0.934. The highest BCUT2D eigenvalue weighted by molar-refractivity contribution is 7.93. The summed E-state index contributed by atoms with van der Waals surface area (Å²) in [6.45, 7) is 0.418. The van der Waals surface area contributed by atoms with Crippen molar-refractivity contribution in [2.75, 3.05) is 16.6 Å². The molecule has 0 aliphatic heterocycles. The minimum atomic E-state index is -4.12. The van der Waals surface area contributed by atoms with Crippen molar-refractivity contribution in [2.45, 2.75) is 17.7 Å². The van der Waals surface area contributed by atoms with Crippen molar-refractivity contribution in [1.82, 2.24) is 4.98 Å². The molecular weight excluding hydrogens is 365 g/mol. The SMILES string of the molecule is O=CCCCNc1cc(F)c(S(=O)(=O)Nc2nccs2)cc1Cl. The number of unbranched alkanes of at least 4 members (excludes halogenated alkanes) is 1. The van der Waals surface area contributed by atoms with Gasteiger partial charge < -0.3 is 10.1 Å². The van der Waals surface area contributed by atoms with Gasteiger partial charge in [0.2, 0.25) is 0 Å². The summed E-state index contributed by atoms with van der Waals surface area (Å²) < 4.78 is 40.7. The molecule has 0 atom stereocenters. The maximum absolute atomic E-state index is 14.1. The van der Waals surface area contributed by atoms with Gasteiger partial charge in [0.05, 0.1) is 10.7 Å². The Labute approximate surface area is 141 Å². The lowest BCUT2D eigenvalue weighted by molar-refractivity contribution is -0.107. The highest BCUT2D eigenvalue weighted by Gasteiger charge is 2.22. The zero-order valence-corrected chi connectivity index (χ0v) is 14.1. The van der Waals surface area contributed by atoms with E-state index in [4.69, 9.17) is 11.6 Å². The number of halogens is 2. The first-order valence-corrected chi connectivity index (χ1v) is 9.27. The number of hydrogen-bond acceptors (Lipinski definition) is 6. The van der Waals surface area contributed by atoms with Gasteiger partial charge in [0.15, 0.2) is 5.13 Å². The summed E-state index contributed by atoms with van der Waals surface area (Å²) in [6.07, 6.45) is 3.15. The molecule has 0 saturated carbocycles. The molecule has 0 bridgehead atoms. The number of sulfonamides is 1. The van der Waals surface area contributed by atoms with Crippen molar-refractivity contribution in [3.8, 4) is 0 Å². The van der Waals surface area contributed by atoms with Crippen LogP contribution in [-0.4, -0.2) is 26.2 Å². The molecular formula is C13H13ClFN3O3S2. The molecule has 0 amide bonds. The molecule has 1 aromatic carbocycles. The minimum absolute atomic E-state index is 0.0667. The number of rotatable bonds is 8. The van der Waals surface area contributed by atoms with Crippen molar-refractivity contribution in [1.29, 1.82) is 0 Å². The third-order valence-corrected chi connectivity index (χ3v) is 5.26. The van der Waals surface area contributed by atoms with E-state index in [2.05, 4.69) is 15.0 Å². The summed E-state index contributed by atoms with van der Waals surface area (Å²) in [4.78, 5) is 13.5. The Bertz CT molecular complexity index is 782. The second-order valence-electron chi connectivity index (χ2n) is 4.44. The maximum atomic E-state index is 14.1. The van der Waals surface area contributed by atoms with E-state index in [1.54, 1.807) is 5.38 Å². The topological polar surface area (TPSA) is 88.2 Å². The fraction of sp³-hybridized carbons (Fsp3) is 0.231. The van der Waals surface area contributed by atoms with Gasteiger partial charge in [-0.05, 0) is 18.6 Å². The Hall–Kier alpha value is -1.71. The lowest BCUT2D eigenvalue weighted by atomic mass is 10.3. The van der Waals surface area contributed by atoms with Crippen LogP contribution in [0.2, 0.25) is 5.02 Å². The zero-order valence-electron chi connectivity index (χ0n) is 11.8. The van der Waals surface area contributed by atoms with Crippen molar-refractivity contribution < 1.29 is 17.6 Å². The molecule has 2 N–H and O–H groups in total. The Balaban J connectivity index is 2.20. The Morgan fingerprint density at radius 2 is 2.17 bits per heavy atom. The number of anilines is 2. The first-order valence-electron chi connectivity index (χ1n) is 6.53. The first kappa shape index (κ1) is 17.6. The van der Waals surface area contributed by atoms with Crippen LogP contribution in [0.25, 0.3) is 0 Å². The van der Waals surface area contributed by atoms with Crippen LogP contribution >= 0.6 is 22.9 Å². The molecule has 0 spiro atoms. The van der Waals surface area contributed by atoms with Gasteiger partial charge >= 0.3 is 0 Å². The highest BCUT2D eigenvalue weighted by atomic mass is 35.5. The van der Waals surface area contributed by atoms with E-state index >= 15 is 0 Å². The van der Waals surface area contributed by atoms with Gasteiger partial charge in [-0.25, -0.2) is 17.8 Å². The number of thiazole rings is 1. The smallest absolute Gasteiger partial charge is 0.266 e. The molecule has 2 aromatic rings. The van der Waals surface area contributed by atoms with Gasteiger partial charge in [0, 0.05) is 24.5 Å². The second kappa shape index (κ2) is 7.71. The number of nitrogens with zero attached hydrogens (tertiary/aromatic N) is 1. The van der Waals surface area contributed by atoms with E-state index in [9.17, 15) is 17.6 Å². The molecule has 0 fully saturated rings. The molecule has 0 aliphatic carbocycles. The summed E-state index contributed by atoms with van der Waals surface area (Å²) >= 11 is 7.07. The number of carbonyl (C=O) groups is 1. The Morgan fingerprint density at radius 1 is 1.39 bits per heavy atom. The van der Waals surface area contributed by atoms with Gasteiger partial charge in [0.1, 0.15) is 17.0 Å². The lowest BCUT2D eigenvalue weighted by Gasteiger charge is -2.11. The summed E-state index contributed by atoms with van der Waals surface area (Å²) in [7, 11) is -4.12. The predicted octanol–water partition coefficient (Wildman–Crippen LogP) is 3.13. The van der Waals surface area contributed by atoms with E-state index < -0.39 is 20.7 Å². The monoisotopic (exact) mass is 377 g/mol. The van der Waals surface area contributed by atoms with E-state index in [1.165, 1.54) is 6.20 Å². The van der Waals surface area contributed by atoms with Crippen LogP contribution in [0.3, 0.4) is 0 Å². The minimum Gasteiger partial charge on any atom is -0.384 e. The summed E-state index contributed by atoms with van der Waals surface area (Å²) in [5, 5.41) is 4.65. The van der Waals surface area contributed by atoms with Crippen LogP contribution in [0.5, 0.6) is 0 Å². The lowest BCUT2D eigenvalue weighted by Crippen LogP contribution is -2.15. The van der Waals surface area contributed by atoms with Gasteiger partial charge in [-0.3, -0.25) is 4.72 Å². The Morgan fingerprint density at radius 3 is 2.83 bits per heavy atom. The summed E-state index contributed by atoms with van der Waals surface area (Å²) in [6, 6.07) is 2.05. The van der Waals surface area contributed by atoms with Crippen molar-refractivity contribution >= 4 is 50.1 Å². The number of benzene rings is 1. The number of carbonyl (C=O) groups excluding carboxylic acids is 1. The predicted molar refractivity (Wildman–Crippen MR) is 88.1 cm³/mol. The molecule has 0 radical (unpaired) electrons. The van der Waals surface area contributed by atoms with Crippen molar-refractivity contribution in [3.63, 3.8) is 0 Å². The molecule has 1 aromatic heterocycles. The van der Waals surface area contributed by atoms with Crippen LogP contribution < -0.4 is 10.0 Å². The molecule has 6 nitrogen and oxygen atoms in total. The third kappa shape index (κ3) is 4.63. The summed E-state index contributed by atoms with van der Waals surface area (Å²) in [5.41, 5.74) is 0.267. The average molecular weight is 378 g/mol. The largest absolute Gasteiger partial charge is 0.384 e. The van der Waals surface area contributed by atoms with Gasteiger partial charge in [-0.15, -0.1) is 11.3 Å². The van der Waals surface area contributed by atoms with E-state index in [-0.39, 0.29) is 15.8 Å². The molecule has 23 heavy (non-hydrogen) atoms. The number of aldehydes is 1. The Kier molecular flexibility index (Phi) is 5.91. The molecule has 2 rings (SSSR count). The van der Waals surface area contributed by atoms with Crippen LogP contribution in [0.15, 0.2) is 28.6 Å². The quantitative estimate of drug-likeness (QED) is 0.545.